The number of amides is 2. The maximum Gasteiger partial charge on any atom is 0.232 e. The van der Waals surface area contributed by atoms with Crippen LogP contribution in [0.3, 0.4) is 0 Å². The number of thiazole rings is 1. The van der Waals surface area contributed by atoms with E-state index >= 15 is 0 Å². The van der Waals surface area contributed by atoms with Gasteiger partial charge in [0.15, 0.2) is 10.1 Å². The molecule has 8 nitrogen and oxygen atoms in total. The first-order valence-corrected chi connectivity index (χ1v) is 9.51. The van der Waals surface area contributed by atoms with Gasteiger partial charge in [-0.25, -0.2) is 4.98 Å². The van der Waals surface area contributed by atoms with Crippen LogP contribution in [0, 0.1) is 5.92 Å². The van der Waals surface area contributed by atoms with E-state index in [1.165, 1.54) is 22.7 Å². The van der Waals surface area contributed by atoms with Gasteiger partial charge < -0.3 is 10.6 Å². The Morgan fingerprint density at radius 2 is 2.00 bits per heavy atom. The second-order valence-corrected chi connectivity index (χ2v) is 7.48. The summed E-state index contributed by atoms with van der Waals surface area (Å²) in [5.74, 6) is -0.483. The summed E-state index contributed by atoms with van der Waals surface area (Å²) in [7, 11) is 0. The van der Waals surface area contributed by atoms with Crippen molar-refractivity contribution in [1.29, 1.82) is 0 Å². The Hall–Kier alpha value is -2.72. The van der Waals surface area contributed by atoms with Crippen molar-refractivity contribution >= 4 is 44.8 Å². The predicted octanol–water partition coefficient (Wildman–Crippen LogP) is 2.83. The smallest absolute Gasteiger partial charge is 0.232 e. The van der Waals surface area contributed by atoms with Crippen LogP contribution >= 0.6 is 22.7 Å². The Labute approximate surface area is 157 Å². The number of nitrogens with one attached hydrogen (secondary N) is 2. The number of anilines is 2. The molecule has 2 amide bonds. The zero-order valence-electron chi connectivity index (χ0n) is 14.1. The summed E-state index contributed by atoms with van der Waals surface area (Å²) in [6.07, 6.45) is 1.76. The van der Waals surface area contributed by atoms with Crippen LogP contribution < -0.4 is 10.6 Å². The number of carbonyl (C=O) groups is 2. The highest BCUT2D eigenvalue weighted by Crippen LogP contribution is 2.24. The first-order chi connectivity index (χ1) is 12.5. The Morgan fingerprint density at radius 1 is 1.15 bits per heavy atom. The molecule has 0 aliphatic carbocycles. The highest BCUT2D eigenvalue weighted by molar-refractivity contribution is 7.18. The zero-order chi connectivity index (χ0) is 18.5. The topological polar surface area (TPSA) is 110 Å². The molecule has 3 rings (SSSR count). The van der Waals surface area contributed by atoms with Gasteiger partial charge in [-0.2, -0.15) is 0 Å². The molecule has 0 aliphatic heterocycles. The molecule has 0 aromatic carbocycles. The van der Waals surface area contributed by atoms with E-state index in [0.29, 0.717) is 26.7 Å². The molecule has 10 heteroatoms. The summed E-state index contributed by atoms with van der Waals surface area (Å²) < 4.78 is 0. The van der Waals surface area contributed by atoms with Crippen LogP contribution in [0.4, 0.5) is 10.3 Å². The van der Waals surface area contributed by atoms with Gasteiger partial charge in [0.25, 0.3) is 0 Å². The van der Waals surface area contributed by atoms with Gasteiger partial charge in [-0.1, -0.05) is 31.3 Å². The van der Waals surface area contributed by atoms with E-state index in [1.807, 2.05) is 18.2 Å². The molecular weight excluding hydrogens is 372 g/mol. The van der Waals surface area contributed by atoms with E-state index < -0.39 is 0 Å². The lowest BCUT2D eigenvalue weighted by Gasteiger charge is -2.03. The summed E-state index contributed by atoms with van der Waals surface area (Å²) in [4.78, 5) is 32.3. The van der Waals surface area contributed by atoms with Gasteiger partial charge in [0.05, 0.1) is 12.1 Å². The summed E-state index contributed by atoms with van der Waals surface area (Å²) in [6.45, 7) is 3.61. The average Bonchev–Trinajstić information content (AvgIpc) is 3.25. The van der Waals surface area contributed by atoms with E-state index in [2.05, 4.69) is 30.8 Å². The number of rotatable bonds is 6. The van der Waals surface area contributed by atoms with Gasteiger partial charge in [0.2, 0.25) is 16.9 Å². The van der Waals surface area contributed by atoms with Gasteiger partial charge >= 0.3 is 0 Å². The van der Waals surface area contributed by atoms with Crippen LogP contribution in [-0.4, -0.2) is 32.0 Å². The monoisotopic (exact) mass is 388 g/mol. The molecule has 0 saturated heterocycles. The number of carbonyl (C=O) groups excluding carboxylic acids is 2. The molecule has 0 bridgehead atoms. The van der Waals surface area contributed by atoms with Gasteiger partial charge in [0, 0.05) is 17.5 Å². The summed E-state index contributed by atoms with van der Waals surface area (Å²) >= 11 is 2.54. The van der Waals surface area contributed by atoms with Crippen molar-refractivity contribution < 1.29 is 9.59 Å². The first-order valence-electron chi connectivity index (χ1n) is 7.81. The van der Waals surface area contributed by atoms with E-state index in [4.69, 9.17) is 0 Å². The van der Waals surface area contributed by atoms with Gasteiger partial charge in [-0.3, -0.25) is 14.6 Å². The maximum absolute atomic E-state index is 12.2. The van der Waals surface area contributed by atoms with E-state index in [0.717, 1.165) is 0 Å². The molecule has 26 heavy (non-hydrogen) atoms. The second-order valence-electron chi connectivity index (χ2n) is 5.64. The second kappa shape index (κ2) is 8.11. The zero-order valence-corrected chi connectivity index (χ0v) is 15.7. The Morgan fingerprint density at radius 3 is 2.73 bits per heavy atom. The number of aromatic nitrogens is 4. The SMILES string of the molecule is CC(C)C(=O)Nc1nc(CC(=O)Nc2nnc(-c3ccccn3)s2)cs1. The number of pyridine rings is 1. The maximum atomic E-state index is 12.2. The normalized spacial score (nSPS) is 10.7. The fourth-order valence-corrected chi connectivity index (χ4v) is 3.34. The molecule has 0 radical (unpaired) electrons. The van der Waals surface area contributed by atoms with Crippen molar-refractivity contribution in [2.24, 2.45) is 5.92 Å². The Balaban J connectivity index is 1.57. The van der Waals surface area contributed by atoms with Crippen molar-refractivity contribution in [2.45, 2.75) is 20.3 Å². The molecule has 3 aromatic heterocycles. The third kappa shape index (κ3) is 4.67. The molecule has 2 N–H and O–H groups in total. The largest absolute Gasteiger partial charge is 0.302 e. The summed E-state index contributed by atoms with van der Waals surface area (Å²) in [6, 6.07) is 5.51. The molecule has 3 heterocycles. The average molecular weight is 388 g/mol. The lowest BCUT2D eigenvalue weighted by Crippen LogP contribution is -2.18. The van der Waals surface area contributed by atoms with Crippen LogP contribution in [0.1, 0.15) is 19.5 Å². The minimum absolute atomic E-state index is 0.0898. The molecule has 0 spiro atoms. The lowest BCUT2D eigenvalue weighted by molar-refractivity contribution is -0.119. The highest BCUT2D eigenvalue weighted by atomic mass is 32.1. The molecule has 0 atom stereocenters. The molecule has 0 fully saturated rings. The molecule has 0 saturated carbocycles. The van der Waals surface area contributed by atoms with Crippen molar-refractivity contribution in [3.8, 4) is 10.7 Å². The minimum Gasteiger partial charge on any atom is -0.302 e. The van der Waals surface area contributed by atoms with Gasteiger partial charge in [-0.15, -0.1) is 21.5 Å². The molecular formula is C16H16N6O2S2. The number of hydrogen-bond acceptors (Lipinski definition) is 8. The Bertz CT molecular complexity index is 906. The predicted molar refractivity (Wildman–Crippen MR) is 101 cm³/mol. The lowest BCUT2D eigenvalue weighted by atomic mass is 10.2. The summed E-state index contributed by atoms with van der Waals surface area (Å²) in [5.41, 5.74) is 1.29. The van der Waals surface area contributed by atoms with Crippen molar-refractivity contribution in [1.82, 2.24) is 20.2 Å². The van der Waals surface area contributed by atoms with Crippen molar-refractivity contribution in [3.05, 3.63) is 35.5 Å². The fourth-order valence-electron chi connectivity index (χ4n) is 1.89. The summed E-state index contributed by atoms with van der Waals surface area (Å²) in [5, 5.41) is 16.7. The van der Waals surface area contributed by atoms with E-state index in [9.17, 15) is 9.59 Å². The van der Waals surface area contributed by atoms with Crippen molar-refractivity contribution in [3.63, 3.8) is 0 Å². The van der Waals surface area contributed by atoms with E-state index in [-0.39, 0.29) is 24.2 Å². The van der Waals surface area contributed by atoms with Crippen LogP contribution in [0.25, 0.3) is 10.7 Å². The quantitative estimate of drug-likeness (QED) is 0.672. The minimum atomic E-state index is -0.249. The third-order valence-electron chi connectivity index (χ3n) is 3.20. The van der Waals surface area contributed by atoms with Gasteiger partial charge in [-0.05, 0) is 12.1 Å². The van der Waals surface area contributed by atoms with Crippen LogP contribution in [0.15, 0.2) is 29.8 Å². The van der Waals surface area contributed by atoms with Crippen LogP contribution in [0.5, 0.6) is 0 Å². The molecule has 3 aromatic rings. The van der Waals surface area contributed by atoms with E-state index in [1.54, 1.807) is 25.4 Å². The van der Waals surface area contributed by atoms with Crippen LogP contribution in [-0.2, 0) is 16.0 Å². The first kappa shape index (κ1) is 18.1. The van der Waals surface area contributed by atoms with Crippen molar-refractivity contribution in [2.75, 3.05) is 10.6 Å². The van der Waals surface area contributed by atoms with Crippen LogP contribution in [0.2, 0.25) is 0 Å². The molecule has 0 aliphatic rings. The highest BCUT2D eigenvalue weighted by Gasteiger charge is 2.14. The third-order valence-corrected chi connectivity index (χ3v) is 4.87. The standard InChI is InChI=1S/C16H16N6O2S2/c1-9(2)13(24)20-15-18-10(8-25-15)7-12(23)19-16-22-21-14(26-16)11-5-3-4-6-17-11/h3-6,8-9H,7H2,1-2H3,(H,18,20,24)(H,19,22,23). The molecule has 134 valence electrons. The Kier molecular flexibility index (Phi) is 5.64. The van der Waals surface area contributed by atoms with Gasteiger partial charge in [0.1, 0.15) is 5.69 Å². The number of nitrogens with zero attached hydrogens (tertiary/aromatic N) is 4. The number of hydrogen-bond donors (Lipinski definition) is 2. The molecule has 0 unspecified atom stereocenters. The fraction of sp³-hybridized carbons (Fsp3) is 0.250.